The Morgan fingerprint density at radius 3 is 2.67 bits per heavy atom. The molecule has 3 amide bonds. The van der Waals surface area contributed by atoms with Crippen molar-refractivity contribution >= 4 is 29.1 Å². The summed E-state index contributed by atoms with van der Waals surface area (Å²) in [5.74, 6) is -0.432. The Balaban J connectivity index is 1.90. The standard InChI is InChI=1S/C15H18N2O3S/c1-2-8-16(11-12-4-3-10-21-12)13(18)7-9-17-14(19)5-6-15(17)20/h2-4,10H,1,5-9,11H2. The van der Waals surface area contributed by atoms with E-state index in [9.17, 15) is 14.4 Å². The van der Waals surface area contributed by atoms with Crippen molar-refractivity contribution in [3.63, 3.8) is 0 Å². The van der Waals surface area contributed by atoms with Crippen LogP contribution in [0.1, 0.15) is 24.1 Å². The number of thiophene rings is 1. The van der Waals surface area contributed by atoms with Crippen LogP contribution in [0, 0.1) is 0 Å². The van der Waals surface area contributed by atoms with Crippen LogP contribution in [0.4, 0.5) is 0 Å². The first-order chi connectivity index (χ1) is 10.1. The monoisotopic (exact) mass is 306 g/mol. The summed E-state index contributed by atoms with van der Waals surface area (Å²) in [4.78, 5) is 39.3. The van der Waals surface area contributed by atoms with Crippen LogP contribution in [-0.4, -0.2) is 40.6 Å². The third-order valence-electron chi connectivity index (χ3n) is 3.33. The second-order valence-corrected chi connectivity index (χ2v) is 5.86. The van der Waals surface area contributed by atoms with Gasteiger partial charge in [0.1, 0.15) is 0 Å². The molecule has 5 nitrogen and oxygen atoms in total. The van der Waals surface area contributed by atoms with Crippen molar-refractivity contribution in [1.29, 1.82) is 0 Å². The van der Waals surface area contributed by atoms with Gasteiger partial charge in [0.2, 0.25) is 17.7 Å². The van der Waals surface area contributed by atoms with Crippen molar-refractivity contribution in [2.45, 2.75) is 25.8 Å². The van der Waals surface area contributed by atoms with E-state index in [0.29, 0.717) is 13.1 Å². The third kappa shape index (κ3) is 4.01. The van der Waals surface area contributed by atoms with Crippen molar-refractivity contribution < 1.29 is 14.4 Å². The van der Waals surface area contributed by atoms with Crippen molar-refractivity contribution in [3.05, 3.63) is 35.0 Å². The zero-order valence-corrected chi connectivity index (χ0v) is 12.6. The zero-order chi connectivity index (χ0) is 15.2. The highest BCUT2D eigenvalue weighted by Crippen LogP contribution is 2.15. The highest BCUT2D eigenvalue weighted by molar-refractivity contribution is 7.09. The second kappa shape index (κ2) is 7.17. The number of imide groups is 1. The normalized spacial score (nSPS) is 14.6. The summed E-state index contributed by atoms with van der Waals surface area (Å²) in [5.41, 5.74) is 0. The summed E-state index contributed by atoms with van der Waals surface area (Å²) in [6.07, 6.45) is 2.37. The molecule has 0 radical (unpaired) electrons. The Morgan fingerprint density at radius 1 is 1.38 bits per heavy atom. The quantitative estimate of drug-likeness (QED) is 0.570. The van der Waals surface area contributed by atoms with Crippen LogP contribution in [0.15, 0.2) is 30.2 Å². The number of amides is 3. The molecular weight excluding hydrogens is 288 g/mol. The fourth-order valence-corrected chi connectivity index (χ4v) is 2.96. The molecule has 0 spiro atoms. The molecule has 0 bridgehead atoms. The summed E-state index contributed by atoms with van der Waals surface area (Å²) in [6, 6.07) is 3.92. The molecule has 1 aromatic heterocycles. The number of hydrogen-bond acceptors (Lipinski definition) is 4. The summed E-state index contributed by atoms with van der Waals surface area (Å²) in [5, 5.41) is 1.97. The first-order valence-corrected chi connectivity index (χ1v) is 7.74. The average molecular weight is 306 g/mol. The lowest BCUT2D eigenvalue weighted by Gasteiger charge is -2.22. The molecule has 1 aliphatic heterocycles. The molecule has 1 aliphatic rings. The molecule has 6 heteroatoms. The van der Waals surface area contributed by atoms with Crippen molar-refractivity contribution in [3.8, 4) is 0 Å². The summed E-state index contributed by atoms with van der Waals surface area (Å²) in [7, 11) is 0. The van der Waals surface area contributed by atoms with Crippen LogP contribution in [0.25, 0.3) is 0 Å². The second-order valence-electron chi connectivity index (χ2n) is 4.83. The smallest absolute Gasteiger partial charge is 0.229 e. The Kier molecular flexibility index (Phi) is 5.27. The van der Waals surface area contributed by atoms with Gasteiger partial charge in [-0.1, -0.05) is 12.1 Å². The Bertz CT molecular complexity index is 523. The molecule has 0 atom stereocenters. The van der Waals surface area contributed by atoms with Gasteiger partial charge in [-0.05, 0) is 11.4 Å². The lowest BCUT2D eigenvalue weighted by atomic mass is 10.3. The van der Waals surface area contributed by atoms with E-state index in [-0.39, 0.29) is 43.5 Å². The van der Waals surface area contributed by atoms with E-state index in [1.807, 2.05) is 17.5 Å². The maximum atomic E-state index is 12.3. The van der Waals surface area contributed by atoms with Gasteiger partial charge in [0, 0.05) is 37.2 Å². The Morgan fingerprint density at radius 2 is 2.10 bits per heavy atom. The molecule has 0 aromatic carbocycles. The fraction of sp³-hybridized carbons (Fsp3) is 0.400. The largest absolute Gasteiger partial charge is 0.334 e. The molecule has 1 saturated heterocycles. The van der Waals surface area contributed by atoms with E-state index < -0.39 is 0 Å². The van der Waals surface area contributed by atoms with E-state index in [4.69, 9.17) is 0 Å². The number of carbonyl (C=O) groups excluding carboxylic acids is 3. The summed E-state index contributed by atoms with van der Waals surface area (Å²) >= 11 is 1.59. The number of likely N-dealkylation sites (tertiary alicyclic amines) is 1. The van der Waals surface area contributed by atoms with E-state index in [0.717, 1.165) is 4.88 Å². The lowest BCUT2D eigenvalue weighted by Crippen LogP contribution is -2.36. The van der Waals surface area contributed by atoms with E-state index in [1.165, 1.54) is 4.90 Å². The predicted octanol–water partition coefficient (Wildman–Crippen LogP) is 1.80. The van der Waals surface area contributed by atoms with Gasteiger partial charge in [-0.15, -0.1) is 17.9 Å². The number of hydrogen-bond donors (Lipinski definition) is 0. The van der Waals surface area contributed by atoms with Crippen molar-refractivity contribution in [2.75, 3.05) is 13.1 Å². The zero-order valence-electron chi connectivity index (χ0n) is 11.8. The summed E-state index contributed by atoms with van der Waals surface area (Å²) < 4.78 is 0. The average Bonchev–Trinajstić information content (AvgIpc) is 3.07. The van der Waals surface area contributed by atoms with Crippen LogP contribution in [0.3, 0.4) is 0 Å². The Hall–Kier alpha value is -1.95. The van der Waals surface area contributed by atoms with Crippen molar-refractivity contribution in [2.24, 2.45) is 0 Å². The van der Waals surface area contributed by atoms with Gasteiger partial charge in [-0.2, -0.15) is 0 Å². The van der Waals surface area contributed by atoms with Crippen LogP contribution in [0.2, 0.25) is 0 Å². The van der Waals surface area contributed by atoms with Gasteiger partial charge < -0.3 is 4.90 Å². The molecule has 1 fully saturated rings. The van der Waals surface area contributed by atoms with Gasteiger partial charge in [-0.3, -0.25) is 19.3 Å². The van der Waals surface area contributed by atoms with Gasteiger partial charge >= 0.3 is 0 Å². The van der Waals surface area contributed by atoms with Gasteiger partial charge in [0.15, 0.2) is 0 Å². The minimum atomic E-state index is -0.179. The molecular formula is C15H18N2O3S. The molecule has 2 rings (SSSR count). The Labute approximate surface area is 127 Å². The van der Waals surface area contributed by atoms with E-state index >= 15 is 0 Å². The van der Waals surface area contributed by atoms with Gasteiger partial charge in [-0.25, -0.2) is 0 Å². The maximum Gasteiger partial charge on any atom is 0.229 e. The van der Waals surface area contributed by atoms with Crippen molar-refractivity contribution in [1.82, 2.24) is 9.80 Å². The molecule has 0 unspecified atom stereocenters. The summed E-state index contributed by atoms with van der Waals surface area (Å²) in [6.45, 7) is 4.83. The minimum Gasteiger partial charge on any atom is -0.334 e. The number of carbonyl (C=O) groups is 3. The first-order valence-electron chi connectivity index (χ1n) is 6.86. The van der Waals surface area contributed by atoms with Crippen LogP contribution < -0.4 is 0 Å². The van der Waals surface area contributed by atoms with Gasteiger partial charge in [0.25, 0.3) is 0 Å². The van der Waals surface area contributed by atoms with Crippen LogP contribution in [-0.2, 0) is 20.9 Å². The number of rotatable bonds is 7. The minimum absolute atomic E-state index is 0.0733. The molecule has 21 heavy (non-hydrogen) atoms. The molecule has 0 aliphatic carbocycles. The van der Waals surface area contributed by atoms with E-state index in [2.05, 4.69) is 6.58 Å². The highest BCUT2D eigenvalue weighted by Gasteiger charge is 2.29. The predicted molar refractivity (Wildman–Crippen MR) is 80.5 cm³/mol. The maximum absolute atomic E-state index is 12.3. The lowest BCUT2D eigenvalue weighted by molar-refractivity contribution is -0.139. The molecule has 0 saturated carbocycles. The van der Waals surface area contributed by atoms with Crippen LogP contribution >= 0.6 is 11.3 Å². The highest BCUT2D eigenvalue weighted by atomic mass is 32.1. The number of nitrogens with zero attached hydrogens (tertiary/aromatic N) is 2. The molecule has 1 aromatic rings. The molecule has 2 heterocycles. The third-order valence-corrected chi connectivity index (χ3v) is 4.19. The SMILES string of the molecule is C=CCN(Cc1cccs1)C(=O)CCN1C(=O)CCC1=O. The molecule has 0 N–H and O–H groups in total. The fourth-order valence-electron chi connectivity index (χ4n) is 2.24. The van der Waals surface area contributed by atoms with Crippen LogP contribution in [0.5, 0.6) is 0 Å². The van der Waals surface area contributed by atoms with Gasteiger partial charge in [0.05, 0.1) is 6.54 Å². The van der Waals surface area contributed by atoms with E-state index in [1.54, 1.807) is 22.3 Å². The molecule has 112 valence electrons. The first kappa shape index (κ1) is 15.4. The topological polar surface area (TPSA) is 57.7 Å².